The molecule has 0 unspecified atom stereocenters. The van der Waals surface area contributed by atoms with Crippen molar-refractivity contribution >= 4 is 77.2 Å². The van der Waals surface area contributed by atoms with Crippen LogP contribution in [0.1, 0.15) is 5.56 Å². The predicted octanol–water partition coefficient (Wildman–Crippen LogP) is 15.2. The van der Waals surface area contributed by atoms with Crippen molar-refractivity contribution in [1.29, 1.82) is 0 Å². The van der Waals surface area contributed by atoms with E-state index in [0.29, 0.717) is 0 Å². The van der Waals surface area contributed by atoms with Crippen molar-refractivity contribution in [2.24, 2.45) is 0 Å². The number of benzene rings is 10. The molecule has 0 heterocycles. The van der Waals surface area contributed by atoms with Gasteiger partial charge in [0.25, 0.3) is 0 Å². The molecule has 10 rings (SSSR count). The Bertz CT molecular complexity index is 3000. The van der Waals surface area contributed by atoms with E-state index in [9.17, 15) is 0 Å². The zero-order chi connectivity index (χ0) is 36.7. The van der Waals surface area contributed by atoms with Crippen LogP contribution in [0.4, 0.5) is 34.1 Å². The van der Waals surface area contributed by atoms with Gasteiger partial charge in [0.2, 0.25) is 0 Å². The standard InChI is InChI=1S/C53H38N2/c1-37-28-31-44(32-29-37)54(45-33-30-38-14-5-6-16-40(38)35-45)52-27-13-24-49-46(23-12-25-50(49)52)42-34-41-17-8-10-22-48(41)53(36-42)55(43-19-3-2-4-20-43)51-26-11-18-39-15-7-9-21-47(39)51/h2-36H,1H3. The second kappa shape index (κ2) is 13.7. The molecular formula is C53H38N2. The van der Waals surface area contributed by atoms with Gasteiger partial charge in [-0.2, -0.15) is 0 Å². The number of nitrogens with zero attached hydrogens (tertiary/aromatic N) is 2. The lowest BCUT2D eigenvalue weighted by atomic mass is 9.93. The summed E-state index contributed by atoms with van der Waals surface area (Å²) >= 11 is 0. The average Bonchev–Trinajstić information content (AvgIpc) is 3.25. The van der Waals surface area contributed by atoms with E-state index < -0.39 is 0 Å². The summed E-state index contributed by atoms with van der Waals surface area (Å²) in [4.78, 5) is 4.84. The van der Waals surface area contributed by atoms with Crippen LogP contribution in [-0.2, 0) is 0 Å². The number of aryl methyl sites for hydroxylation is 1. The Morgan fingerprint density at radius 1 is 0.291 bits per heavy atom. The Morgan fingerprint density at radius 3 is 1.64 bits per heavy atom. The van der Waals surface area contributed by atoms with E-state index in [0.717, 1.165) is 34.1 Å². The van der Waals surface area contributed by atoms with E-state index in [2.05, 4.69) is 229 Å². The summed E-state index contributed by atoms with van der Waals surface area (Å²) < 4.78 is 0. The van der Waals surface area contributed by atoms with Gasteiger partial charge in [0.15, 0.2) is 0 Å². The van der Waals surface area contributed by atoms with Crippen molar-refractivity contribution in [1.82, 2.24) is 0 Å². The van der Waals surface area contributed by atoms with Gasteiger partial charge in [-0.1, -0.05) is 157 Å². The van der Waals surface area contributed by atoms with Gasteiger partial charge in [-0.15, -0.1) is 0 Å². The van der Waals surface area contributed by atoms with Crippen molar-refractivity contribution in [2.75, 3.05) is 9.80 Å². The van der Waals surface area contributed by atoms with E-state index in [4.69, 9.17) is 0 Å². The Hall–Kier alpha value is -7.16. The highest BCUT2D eigenvalue weighted by atomic mass is 15.1. The quantitative estimate of drug-likeness (QED) is 0.163. The minimum Gasteiger partial charge on any atom is -0.310 e. The minimum atomic E-state index is 1.12. The molecule has 2 heteroatoms. The molecule has 260 valence electrons. The normalized spacial score (nSPS) is 11.4. The van der Waals surface area contributed by atoms with E-state index >= 15 is 0 Å². The number of fused-ring (bicyclic) bond motifs is 4. The van der Waals surface area contributed by atoms with Crippen LogP contribution in [0.25, 0.3) is 54.2 Å². The Labute approximate surface area is 321 Å². The molecular weight excluding hydrogens is 665 g/mol. The van der Waals surface area contributed by atoms with E-state index in [1.807, 2.05) is 0 Å². The maximum Gasteiger partial charge on any atom is 0.0546 e. The number of hydrogen-bond acceptors (Lipinski definition) is 2. The van der Waals surface area contributed by atoms with E-state index in [-0.39, 0.29) is 0 Å². The summed E-state index contributed by atoms with van der Waals surface area (Å²) in [5, 5.41) is 9.67. The summed E-state index contributed by atoms with van der Waals surface area (Å²) in [5.74, 6) is 0. The van der Waals surface area contributed by atoms with Gasteiger partial charge in [0.05, 0.1) is 17.1 Å². The lowest BCUT2D eigenvalue weighted by molar-refractivity contribution is 1.29. The van der Waals surface area contributed by atoms with Crippen molar-refractivity contribution in [3.8, 4) is 11.1 Å². The Kier molecular flexibility index (Phi) is 8.08. The molecule has 0 fully saturated rings. The van der Waals surface area contributed by atoms with Gasteiger partial charge in [-0.3, -0.25) is 0 Å². The molecule has 0 amide bonds. The van der Waals surface area contributed by atoms with Gasteiger partial charge < -0.3 is 9.80 Å². The van der Waals surface area contributed by atoms with Crippen LogP contribution in [0, 0.1) is 6.92 Å². The van der Waals surface area contributed by atoms with E-state index in [1.165, 1.54) is 59.8 Å². The first-order chi connectivity index (χ1) is 27.2. The largest absolute Gasteiger partial charge is 0.310 e. The summed E-state index contributed by atoms with van der Waals surface area (Å²) in [7, 11) is 0. The fourth-order valence-electron chi connectivity index (χ4n) is 8.20. The third-order valence-electron chi connectivity index (χ3n) is 10.8. The third kappa shape index (κ3) is 5.85. The molecule has 0 aliphatic heterocycles. The first-order valence-corrected chi connectivity index (χ1v) is 18.9. The summed E-state index contributed by atoms with van der Waals surface area (Å²) in [6, 6.07) is 77.3. The number of hydrogen-bond donors (Lipinski definition) is 0. The van der Waals surface area contributed by atoms with E-state index in [1.54, 1.807) is 0 Å². The molecule has 0 N–H and O–H groups in total. The highest BCUT2D eigenvalue weighted by molar-refractivity contribution is 6.10. The van der Waals surface area contributed by atoms with Crippen molar-refractivity contribution in [3.05, 3.63) is 218 Å². The van der Waals surface area contributed by atoms with Crippen molar-refractivity contribution in [3.63, 3.8) is 0 Å². The van der Waals surface area contributed by atoms with Crippen LogP contribution in [0.15, 0.2) is 212 Å². The monoisotopic (exact) mass is 702 g/mol. The third-order valence-corrected chi connectivity index (χ3v) is 10.8. The molecule has 0 atom stereocenters. The molecule has 0 aromatic heterocycles. The van der Waals surface area contributed by atoms with Crippen molar-refractivity contribution < 1.29 is 0 Å². The maximum atomic E-state index is 2.43. The van der Waals surface area contributed by atoms with Gasteiger partial charge in [-0.05, 0) is 106 Å². The predicted molar refractivity (Wildman–Crippen MR) is 236 cm³/mol. The Morgan fingerprint density at radius 2 is 0.836 bits per heavy atom. The summed E-state index contributed by atoms with van der Waals surface area (Å²) in [5.41, 5.74) is 10.4. The number of rotatable bonds is 7. The second-order valence-corrected chi connectivity index (χ2v) is 14.3. The summed E-state index contributed by atoms with van der Waals surface area (Å²) in [6.45, 7) is 2.14. The van der Waals surface area contributed by atoms with Gasteiger partial charge in [0, 0.05) is 33.2 Å². The molecule has 0 aliphatic carbocycles. The zero-order valence-electron chi connectivity index (χ0n) is 30.6. The van der Waals surface area contributed by atoms with Crippen LogP contribution < -0.4 is 9.80 Å². The Balaban J connectivity index is 1.20. The summed E-state index contributed by atoms with van der Waals surface area (Å²) in [6.07, 6.45) is 0. The van der Waals surface area contributed by atoms with Crippen LogP contribution in [0.2, 0.25) is 0 Å². The lowest BCUT2D eigenvalue weighted by Crippen LogP contribution is -2.11. The van der Waals surface area contributed by atoms with Gasteiger partial charge in [0.1, 0.15) is 0 Å². The van der Waals surface area contributed by atoms with Crippen LogP contribution in [0.5, 0.6) is 0 Å². The first-order valence-electron chi connectivity index (χ1n) is 18.9. The first kappa shape index (κ1) is 32.5. The lowest BCUT2D eigenvalue weighted by Gasteiger charge is -2.29. The second-order valence-electron chi connectivity index (χ2n) is 14.3. The molecule has 0 radical (unpaired) electrons. The molecule has 10 aromatic carbocycles. The van der Waals surface area contributed by atoms with Gasteiger partial charge in [-0.25, -0.2) is 0 Å². The molecule has 2 nitrogen and oxygen atoms in total. The number of para-hydroxylation sites is 1. The maximum absolute atomic E-state index is 2.43. The molecule has 0 bridgehead atoms. The van der Waals surface area contributed by atoms with Crippen LogP contribution in [0.3, 0.4) is 0 Å². The average molecular weight is 703 g/mol. The fraction of sp³-hybridized carbons (Fsp3) is 0.0189. The molecule has 0 spiro atoms. The molecule has 10 aromatic rings. The number of anilines is 6. The van der Waals surface area contributed by atoms with Crippen LogP contribution >= 0.6 is 0 Å². The SMILES string of the molecule is Cc1ccc(N(c2ccc3ccccc3c2)c2cccc3c(-c4cc(N(c5ccccc5)c5cccc6ccccc56)c5ccccc5c4)cccc23)cc1. The highest BCUT2D eigenvalue weighted by Gasteiger charge is 2.21. The van der Waals surface area contributed by atoms with Gasteiger partial charge >= 0.3 is 0 Å². The fourth-order valence-corrected chi connectivity index (χ4v) is 8.20. The van der Waals surface area contributed by atoms with Crippen LogP contribution in [-0.4, -0.2) is 0 Å². The molecule has 55 heavy (non-hydrogen) atoms. The highest BCUT2D eigenvalue weighted by Crippen LogP contribution is 2.46. The minimum absolute atomic E-state index is 1.12. The van der Waals surface area contributed by atoms with Crippen molar-refractivity contribution in [2.45, 2.75) is 6.92 Å². The smallest absolute Gasteiger partial charge is 0.0546 e. The molecule has 0 saturated carbocycles. The molecule has 0 saturated heterocycles. The zero-order valence-corrected chi connectivity index (χ0v) is 30.6. The topological polar surface area (TPSA) is 6.48 Å². The molecule has 0 aliphatic rings.